The SMILES string of the molecule is CCC1(CO)CCCN1C(=O)c1c[nH]c(=O)c2ccccc12. The molecule has 1 saturated heterocycles. The van der Waals surface area contributed by atoms with Gasteiger partial charge in [0.2, 0.25) is 0 Å². The molecular formula is C17H20N2O3. The maximum absolute atomic E-state index is 13.0. The Morgan fingerprint density at radius 2 is 2.09 bits per heavy atom. The number of pyridine rings is 1. The Bertz CT molecular complexity index is 762. The predicted octanol–water partition coefficient (Wildman–Crippen LogP) is 1.91. The Hall–Kier alpha value is -2.14. The summed E-state index contributed by atoms with van der Waals surface area (Å²) < 4.78 is 0. The Labute approximate surface area is 128 Å². The van der Waals surface area contributed by atoms with Gasteiger partial charge in [0.05, 0.1) is 17.7 Å². The number of carbonyl (C=O) groups excluding carboxylic acids is 1. The Kier molecular flexibility index (Phi) is 3.74. The summed E-state index contributed by atoms with van der Waals surface area (Å²) in [6.45, 7) is 2.60. The summed E-state index contributed by atoms with van der Waals surface area (Å²) >= 11 is 0. The molecule has 1 amide bonds. The highest BCUT2D eigenvalue weighted by Crippen LogP contribution is 2.34. The van der Waals surface area contributed by atoms with Crippen LogP contribution in [-0.4, -0.2) is 39.6 Å². The van der Waals surface area contributed by atoms with Gasteiger partial charge >= 0.3 is 0 Å². The summed E-state index contributed by atoms with van der Waals surface area (Å²) in [4.78, 5) is 29.3. The molecule has 0 bridgehead atoms. The first-order valence-corrected chi connectivity index (χ1v) is 7.66. The lowest BCUT2D eigenvalue weighted by Gasteiger charge is -2.36. The topological polar surface area (TPSA) is 73.4 Å². The lowest BCUT2D eigenvalue weighted by molar-refractivity contribution is 0.0399. The first kappa shape index (κ1) is 14.8. The Morgan fingerprint density at radius 1 is 1.36 bits per heavy atom. The highest BCUT2D eigenvalue weighted by molar-refractivity contribution is 6.06. The van der Waals surface area contributed by atoms with E-state index in [2.05, 4.69) is 4.98 Å². The zero-order valence-electron chi connectivity index (χ0n) is 12.6. The molecule has 1 aliphatic heterocycles. The van der Waals surface area contributed by atoms with Gasteiger partial charge in [-0.15, -0.1) is 0 Å². The number of nitrogens with one attached hydrogen (secondary N) is 1. The van der Waals surface area contributed by atoms with E-state index in [1.54, 1.807) is 23.1 Å². The number of amides is 1. The second kappa shape index (κ2) is 5.57. The first-order valence-electron chi connectivity index (χ1n) is 7.66. The molecule has 22 heavy (non-hydrogen) atoms. The number of aliphatic hydroxyl groups is 1. The maximum atomic E-state index is 13.0. The van der Waals surface area contributed by atoms with Crippen molar-refractivity contribution in [1.82, 2.24) is 9.88 Å². The summed E-state index contributed by atoms with van der Waals surface area (Å²) in [5.74, 6) is -0.124. The molecule has 2 N–H and O–H groups in total. The minimum absolute atomic E-state index is 0.0312. The molecule has 3 rings (SSSR count). The largest absolute Gasteiger partial charge is 0.394 e. The number of rotatable bonds is 3. The standard InChI is InChI=1S/C17H20N2O3/c1-2-17(11-20)8-5-9-19(17)16(22)14-10-18-15(21)13-7-4-3-6-12(13)14/h3-4,6-7,10,20H,2,5,8-9,11H2,1H3,(H,18,21). The number of aliphatic hydroxyl groups excluding tert-OH is 1. The summed E-state index contributed by atoms with van der Waals surface area (Å²) in [5.41, 5.74) is -0.185. The van der Waals surface area contributed by atoms with E-state index >= 15 is 0 Å². The lowest BCUT2D eigenvalue weighted by Crippen LogP contribution is -2.49. The second-order valence-electron chi connectivity index (χ2n) is 5.87. The molecular weight excluding hydrogens is 280 g/mol. The minimum atomic E-state index is -0.478. The van der Waals surface area contributed by atoms with Crippen LogP contribution < -0.4 is 5.56 Å². The highest BCUT2D eigenvalue weighted by Gasteiger charge is 2.42. The van der Waals surface area contributed by atoms with E-state index < -0.39 is 5.54 Å². The van der Waals surface area contributed by atoms with Crippen LogP contribution in [0, 0.1) is 0 Å². The molecule has 0 saturated carbocycles. The van der Waals surface area contributed by atoms with Crippen LogP contribution in [0.1, 0.15) is 36.5 Å². The van der Waals surface area contributed by atoms with Gasteiger partial charge in [-0.1, -0.05) is 25.1 Å². The number of likely N-dealkylation sites (tertiary alicyclic amines) is 1. The van der Waals surface area contributed by atoms with Crippen molar-refractivity contribution in [1.29, 1.82) is 0 Å². The van der Waals surface area contributed by atoms with Gasteiger partial charge in [-0.25, -0.2) is 0 Å². The molecule has 116 valence electrons. The van der Waals surface area contributed by atoms with E-state index in [-0.39, 0.29) is 18.1 Å². The number of hydrogen-bond donors (Lipinski definition) is 2. The van der Waals surface area contributed by atoms with Crippen molar-refractivity contribution in [3.8, 4) is 0 Å². The van der Waals surface area contributed by atoms with Gasteiger partial charge in [-0.05, 0) is 25.3 Å². The third-order valence-corrected chi connectivity index (χ3v) is 4.83. The van der Waals surface area contributed by atoms with Crippen molar-refractivity contribution < 1.29 is 9.90 Å². The van der Waals surface area contributed by atoms with Crippen LogP contribution in [-0.2, 0) is 0 Å². The van der Waals surface area contributed by atoms with Crippen LogP contribution in [0.3, 0.4) is 0 Å². The number of hydrogen-bond acceptors (Lipinski definition) is 3. The number of benzene rings is 1. The zero-order valence-corrected chi connectivity index (χ0v) is 12.6. The summed E-state index contributed by atoms with van der Waals surface area (Å²) in [6.07, 6.45) is 3.91. The van der Waals surface area contributed by atoms with Crippen LogP contribution >= 0.6 is 0 Å². The number of aromatic nitrogens is 1. The summed E-state index contributed by atoms with van der Waals surface area (Å²) in [7, 11) is 0. The quantitative estimate of drug-likeness (QED) is 0.909. The van der Waals surface area contributed by atoms with Crippen molar-refractivity contribution in [3.05, 3.63) is 46.4 Å². The highest BCUT2D eigenvalue weighted by atomic mass is 16.3. The summed E-state index contributed by atoms with van der Waals surface area (Å²) in [5, 5.41) is 11.0. The fraction of sp³-hybridized carbons (Fsp3) is 0.412. The van der Waals surface area contributed by atoms with Gasteiger partial charge in [0.15, 0.2) is 0 Å². The van der Waals surface area contributed by atoms with Crippen molar-refractivity contribution in [3.63, 3.8) is 0 Å². The van der Waals surface area contributed by atoms with Gasteiger partial charge in [0.1, 0.15) is 0 Å². The Morgan fingerprint density at radius 3 is 2.77 bits per heavy atom. The van der Waals surface area contributed by atoms with E-state index in [1.807, 2.05) is 13.0 Å². The fourth-order valence-electron chi connectivity index (χ4n) is 3.43. The molecule has 1 fully saturated rings. The lowest BCUT2D eigenvalue weighted by atomic mass is 9.93. The summed E-state index contributed by atoms with van der Waals surface area (Å²) in [6, 6.07) is 7.11. The van der Waals surface area contributed by atoms with Crippen molar-refractivity contribution in [2.75, 3.05) is 13.2 Å². The van der Waals surface area contributed by atoms with E-state index in [4.69, 9.17) is 0 Å². The van der Waals surface area contributed by atoms with Crippen LogP contribution in [0.25, 0.3) is 10.8 Å². The maximum Gasteiger partial charge on any atom is 0.256 e. The molecule has 1 aliphatic rings. The molecule has 5 nitrogen and oxygen atoms in total. The van der Waals surface area contributed by atoms with E-state index in [9.17, 15) is 14.7 Å². The van der Waals surface area contributed by atoms with Crippen molar-refractivity contribution >= 4 is 16.7 Å². The number of carbonyl (C=O) groups is 1. The average Bonchev–Trinajstić information content (AvgIpc) is 2.99. The molecule has 2 heterocycles. The third-order valence-electron chi connectivity index (χ3n) is 4.83. The second-order valence-corrected chi connectivity index (χ2v) is 5.87. The zero-order chi connectivity index (χ0) is 15.7. The molecule has 0 radical (unpaired) electrons. The Balaban J connectivity index is 2.10. The molecule has 0 spiro atoms. The normalized spacial score (nSPS) is 21.5. The smallest absolute Gasteiger partial charge is 0.256 e. The van der Waals surface area contributed by atoms with Crippen LogP contribution in [0.2, 0.25) is 0 Å². The molecule has 2 aromatic rings. The molecule has 5 heteroatoms. The van der Waals surface area contributed by atoms with Gasteiger partial charge < -0.3 is 15.0 Å². The number of nitrogens with zero attached hydrogens (tertiary/aromatic N) is 1. The molecule has 1 aromatic heterocycles. The molecule has 1 aromatic carbocycles. The molecule has 0 aliphatic carbocycles. The third kappa shape index (κ3) is 2.13. The van der Waals surface area contributed by atoms with Gasteiger partial charge in [0.25, 0.3) is 11.5 Å². The fourth-order valence-corrected chi connectivity index (χ4v) is 3.43. The molecule has 1 atom stereocenters. The van der Waals surface area contributed by atoms with E-state index in [1.165, 1.54) is 6.20 Å². The van der Waals surface area contributed by atoms with Crippen LogP contribution in [0.15, 0.2) is 35.3 Å². The van der Waals surface area contributed by atoms with Gasteiger partial charge in [-0.3, -0.25) is 9.59 Å². The van der Waals surface area contributed by atoms with Crippen molar-refractivity contribution in [2.45, 2.75) is 31.7 Å². The first-order chi connectivity index (χ1) is 10.6. The monoisotopic (exact) mass is 300 g/mol. The number of H-pyrrole nitrogens is 1. The van der Waals surface area contributed by atoms with Gasteiger partial charge in [0, 0.05) is 23.5 Å². The van der Waals surface area contributed by atoms with E-state index in [0.717, 1.165) is 19.3 Å². The van der Waals surface area contributed by atoms with Crippen molar-refractivity contribution in [2.24, 2.45) is 0 Å². The minimum Gasteiger partial charge on any atom is -0.394 e. The van der Waals surface area contributed by atoms with Crippen LogP contribution in [0.5, 0.6) is 0 Å². The van der Waals surface area contributed by atoms with E-state index in [0.29, 0.717) is 22.9 Å². The molecule has 1 unspecified atom stereocenters. The predicted molar refractivity (Wildman–Crippen MR) is 84.9 cm³/mol. The van der Waals surface area contributed by atoms with Crippen LogP contribution in [0.4, 0.5) is 0 Å². The van der Waals surface area contributed by atoms with Gasteiger partial charge in [-0.2, -0.15) is 0 Å². The number of fused-ring (bicyclic) bond motifs is 1. The number of aromatic amines is 1. The average molecular weight is 300 g/mol.